The Balaban J connectivity index is 2.12. The van der Waals surface area contributed by atoms with Crippen LogP contribution in [0.1, 0.15) is 23.5 Å². The van der Waals surface area contributed by atoms with Crippen LogP contribution in [-0.4, -0.2) is 11.1 Å². The summed E-state index contributed by atoms with van der Waals surface area (Å²) in [5.41, 5.74) is 1.29. The molecule has 0 aliphatic rings. The van der Waals surface area contributed by atoms with Gasteiger partial charge in [-0.2, -0.15) is 0 Å². The molecule has 0 spiro atoms. The van der Waals surface area contributed by atoms with E-state index in [-0.39, 0.29) is 5.82 Å². The van der Waals surface area contributed by atoms with Crippen molar-refractivity contribution in [3.63, 3.8) is 0 Å². The first kappa shape index (κ1) is 14.7. The van der Waals surface area contributed by atoms with E-state index in [0.717, 1.165) is 5.56 Å². The molecular weight excluding hydrogens is 323 g/mol. The van der Waals surface area contributed by atoms with Crippen LogP contribution in [0.5, 0.6) is 0 Å². The molecule has 0 radical (unpaired) electrons. The fraction of sp³-hybridized carbons (Fsp3) is 0.188. The molecule has 0 saturated heterocycles. The lowest BCUT2D eigenvalue weighted by molar-refractivity contribution is -0.138. The molecule has 1 unspecified atom stereocenters. The Hall–Kier alpha value is -1.68. The molecule has 1 N–H and O–H groups in total. The van der Waals surface area contributed by atoms with E-state index in [2.05, 4.69) is 15.9 Å². The maximum atomic E-state index is 13.7. The fourth-order valence-electron chi connectivity index (χ4n) is 2.14. The summed E-state index contributed by atoms with van der Waals surface area (Å²) in [4.78, 5) is 11.4. The highest BCUT2D eigenvalue weighted by Gasteiger charge is 2.19. The number of carboxylic acid groups (broad SMARTS) is 1. The van der Waals surface area contributed by atoms with Gasteiger partial charge in [-0.3, -0.25) is 4.79 Å². The van der Waals surface area contributed by atoms with Gasteiger partial charge in [0.25, 0.3) is 0 Å². The van der Waals surface area contributed by atoms with Crippen LogP contribution >= 0.6 is 15.9 Å². The summed E-state index contributed by atoms with van der Waals surface area (Å²) < 4.78 is 14.4. The Labute approximate surface area is 125 Å². The summed E-state index contributed by atoms with van der Waals surface area (Å²) in [5, 5.41) is 9.32. The fourth-order valence-corrected chi connectivity index (χ4v) is 2.48. The van der Waals surface area contributed by atoms with E-state index in [0.29, 0.717) is 22.9 Å². The average molecular weight is 337 g/mol. The Bertz CT molecular complexity index is 599. The Morgan fingerprint density at radius 1 is 1.20 bits per heavy atom. The number of halogens is 2. The van der Waals surface area contributed by atoms with Crippen molar-refractivity contribution in [1.29, 1.82) is 0 Å². The molecule has 2 rings (SSSR count). The molecule has 20 heavy (non-hydrogen) atoms. The highest BCUT2D eigenvalue weighted by atomic mass is 79.9. The first-order valence-corrected chi connectivity index (χ1v) is 7.09. The summed E-state index contributed by atoms with van der Waals surface area (Å²) in [7, 11) is 0. The van der Waals surface area contributed by atoms with Crippen LogP contribution < -0.4 is 0 Å². The highest BCUT2D eigenvalue weighted by Crippen LogP contribution is 2.24. The molecule has 0 amide bonds. The van der Waals surface area contributed by atoms with E-state index < -0.39 is 11.9 Å². The van der Waals surface area contributed by atoms with Gasteiger partial charge in [-0.25, -0.2) is 4.39 Å². The van der Waals surface area contributed by atoms with E-state index in [1.165, 1.54) is 6.07 Å². The number of hydrogen-bond donors (Lipinski definition) is 1. The second kappa shape index (κ2) is 6.66. The standard InChI is InChI=1S/C16H14BrFO2/c17-13-8-6-12(15(18)10-13)7-9-14(16(19)20)11-4-2-1-3-5-11/h1-6,8,10,14H,7,9H2,(H,19,20). The third-order valence-electron chi connectivity index (χ3n) is 3.22. The van der Waals surface area contributed by atoms with E-state index in [9.17, 15) is 14.3 Å². The minimum Gasteiger partial charge on any atom is -0.481 e. The third-order valence-corrected chi connectivity index (χ3v) is 3.71. The van der Waals surface area contributed by atoms with Crippen molar-refractivity contribution in [2.45, 2.75) is 18.8 Å². The second-order valence-electron chi connectivity index (χ2n) is 4.58. The first-order chi connectivity index (χ1) is 9.58. The molecule has 2 aromatic rings. The average Bonchev–Trinajstić information content (AvgIpc) is 2.42. The summed E-state index contributed by atoms with van der Waals surface area (Å²) >= 11 is 3.20. The van der Waals surface area contributed by atoms with Crippen LogP contribution in [0.15, 0.2) is 53.0 Å². The largest absolute Gasteiger partial charge is 0.481 e. The van der Waals surface area contributed by atoms with Crippen molar-refractivity contribution in [2.75, 3.05) is 0 Å². The summed E-state index contributed by atoms with van der Waals surface area (Å²) in [6.45, 7) is 0. The van der Waals surface area contributed by atoms with E-state index in [4.69, 9.17) is 0 Å². The number of rotatable bonds is 5. The number of hydrogen-bond acceptors (Lipinski definition) is 1. The predicted octanol–water partition coefficient (Wildman–Crippen LogP) is 4.39. The van der Waals surface area contributed by atoms with Gasteiger partial charge in [0.1, 0.15) is 5.82 Å². The molecule has 0 heterocycles. The van der Waals surface area contributed by atoms with Gasteiger partial charge in [0.05, 0.1) is 5.92 Å². The quantitative estimate of drug-likeness (QED) is 0.879. The van der Waals surface area contributed by atoms with Gasteiger partial charge >= 0.3 is 5.97 Å². The molecular formula is C16H14BrFO2. The van der Waals surface area contributed by atoms with Crippen LogP contribution in [0.4, 0.5) is 4.39 Å². The lowest BCUT2D eigenvalue weighted by Crippen LogP contribution is -2.12. The van der Waals surface area contributed by atoms with Crippen LogP contribution in [0.25, 0.3) is 0 Å². The van der Waals surface area contributed by atoms with Crippen LogP contribution in [0, 0.1) is 5.82 Å². The topological polar surface area (TPSA) is 37.3 Å². The van der Waals surface area contributed by atoms with Gasteiger partial charge in [-0.05, 0) is 36.1 Å². The molecule has 0 saturated carbocycles. The van der Waals surface area contributed by atoms with Crippen LogP contribution in [0.2, 0.25) is 0 Å². The zero-order valence-corrected chi connectivity index (χ0v) is 12.3. The smallest absolute Gasteiger partial charge is 0.310 e. The van der Waals surface area contributed by atoms with Gasteiger partial charge in [-0.15, -0.1) is 0 Å². The second-order valence-corrected chi connectivity index (χ2v) is 5.49. The van der Waals surface area contributed by atoms with Gasteiger partial charge in [0.2, 0.25) is 0 Å². The SMILES string of the molecule is O=C(O)C(CCc1ccc(Br)cc1F)c1ccccc1. The molecule has 2 aromatic carbocycles. The zero-order valence-electron chi connectivity index (χ0n) is 10.7. The molecule has 1 atom stereocenters. The molecule has 0 aromatic heterocycles. The normalized spacial score (nSPS) is 12.1. The van der Waals surface area contributed by atoms with Gasteiger partial charge in [0, 0.05) is 4.47 Å². The number of aryl methyl sites for hydroxylation is 1. The lowest BCUT2D eigenvalue weighted by atomic mass is 9.92. The number of aliphatic carboxylic acids is 1. The zero-order chi connectivity index (χ0) is 14.5. The number of benzene rings is 2. The number of carbonyl (C=O) groups is 1. The Morgan fingerprint density at radius 2 is 1.90 bits per heavy atom. The molecule has 0 fully saturated rings. The maximum Gasteiger partial charge on any atom is 0.310 e. The third kappa shape index (κ3) is 3.67. The van der Waals surface area contributed by atoms with Crippen molar-refractivity contribution in [3.05, 3.63) is 69.9 Å². The van der Waals surface area contributed by atoms with E-state index in [1.54, 1.807) is 24.3 Å². The minimum atomic E-state index is -0.881. The summed E-state index contributed by atoms with van der Waals surface area (Å²) in [5.74, 6) is -1.80. The maximum absolute atomic E-state index is 13.7. The molecule has 0 aliphatic carbocycles. The van der Waals surface area contributed by atoms with Crippen molar-refractivity contribution in [1.82, 2.24) is 0 Å². The van der Waals surface area contributed by atoms with E-state index in [1.807, 2.05) is 18.2 Å². The van der Waals surface area contributed by atoms with Crippen molar-refractivity contribution in [2.24, 2.45) is 0 Å². The number of carboxylic acids is 1. The molecule has 104 valence electrons. The van der Waals surface area contributed by atoms with Gasteiger partial charge in [0.15, 0.2) is 0 Å². The molecule has 2 nitrogen and oxygen atoms in total. The highest BCUT2D eigenvalue weighted by molar-refractivity contribution is 9.10. The van der Waals surface area contributed by atoms with Gasteiger partial charge in [-0.1, -0.05) is 52.3 Å². The minimum absolute atomic E-state index is 0.309. The van der Waals surface area contributed by atoms with E-state index >= 15 is 0 Å². The van der Waals surface area contributed by atoms with Crippen LogP contribution in [-0.2, 0) is 11.2 Å². The molecule has 0 aliphatic heterocycles. The first-order valence-electron chi connectivity index (χ1n) is 6.29. The Morgan fingerprint density at radius 3 is 2.50 bits per heavy atom. The monoisotopic (exact) mass is 336 g/mol. The van der Waals surface area contributed by atoms with Crippen LogP contribution in [0.3, 0.4) is 0 Å². The Kier molecular flexibility index (Phi) is 4.90. The van der Waals surface area contributed by atoms with Crippen molar-refractivity contribution >= 4 is 21.9 Å². The lowest BCUT2D eigenvalue weighted by Gasteiger charge is -2.13. The van der Waals surface area contributed by atoms with Crippen molar-refractivity contribution in [3.8, 4) is 0 Å². The van der Waals surface area contributed by atoms with Crippen molar-refractivity contribution < 1.29 is 14.3 Å². The summed E-state index contributed by atoms with van der Waals surface area (Å²) in [6.07, 6.45) is 0.767. The van der Waals surface area contributed by atoms with Gasteiger partial charge < -0.3 is 5.11 Å². The molecule has 4 heteroatoms. The predicted molar refractivity (Wildman–Crippen MR) is 79.2 cm³/mol. The molecule has 0 bridgehead atoms. The summed E-state index contributed by atoms with van der Waals surface area (Å²) in [6, 6.07) is 13.9.